The van der Waals surface area contributed by atoms with Crippen molar-refractivity contribution in [3.63, 3.8) is 0 Å². The van der Waals surface area contributed by atoms with Crippen LogP contribution in [0.4, 0.5) is 32.4 Å². The number of nitrogens with one attached hydrogen (secondary N) is 4. The number of carbonyl (C=O) groups is 6. The Balaban J connectivity index is 1.94. The van der Waals surface area contributed by atoms with Gasteiger partial charge in [0.1, 0.15) is 18.7 Å². The van der Waals surface area contributed by atoms with Gasteiger partial charge in [-0.1, -0.05) is 39.8 Å². The fourth-order valence-electron chi connectivity index (χ4n) is 4.33. The van der Waals surface area contributed by atoms with E-state index >= 15 is 0 Å². The van der Waals surface area contributed by atoms with Gasteiger partial charge in [-0.2, -0.15) is 8.78 Å². The summed E-state index contributed by atoms with van der Waals surface area (Å²) in [4.78, 5) is 73.9. The van der Waals surface area contributed by atoms with E-state index in [0.29, 0.717) is 11.3 Å². The quantitative estimate of drug-likeness (QED) is 0.0334. The first-order valence-electron chi connectivity index (χ1n) is 16.4. The van der Waals surface area contributed by atoms with Gasteiger partial charge in [-0.3, -0.25) is 24.0 Å². The standard InChI is InChI=1S/C34H42F5N5O9/c1-17(2)29(44-22(45)11-14-51-15-12-23(46)53-30-27(38)25(36)24(35)26(37)28(30)39)32(48)43-21(6-5-13-41-34(40)50)31(47)42-20-9-7-19(8-10-20)16-52-33(49)18(3)4/h7-10,17-18,21,29H,5-6,11-16H2,1-4H3,(H,42,47)(H,43,48)(H,44,45)(H3,40,41,50)/t21-,29-/m0/s1. The largest absolute Gasteiger partial charge is 0.461 e. The van der Waals surface area contributed by atoms with Gasteiger partial charge in [0.05, 0.1) is 25.6 Å². The second-order valence-corrected chi connectivity index (χ2v) is 12.2. The van der Waals surface area contributed by atoms with Crippen LogP contribution in [0.2, 0.25) is 0 Å². The number of rotatable bonds is 20. The third kappa shape index (κ3) is 14.3. The number of esters is 2. The molecule has 0 saturated heterocycles. The first-order chi connectivity index (χ1) is 24.9. The van der Waals surface area contributed by atoms with E-state index in [0.717, 1.165) is 0 Å². The molecular formula is C34H42F5N5O9. The number of hydrogen-bond donors (Lipinski definition) is 5. The zero-order valence-corrected chi connectivity index (χ0v) is 29.4. The summed E-state index contributed by atoms with van der Waals surface area (Å²) in [5.74, 6) is -17.9. The van der Waals surface area contributed by atoms with E-state index < -0.39 is 95.6 Å². The molecule has 0 unspecified atom stereocenters. The summed E-state index contributed by atoms with van der Waals surface area (Å²) in [6, 6.07) is 3.45. The van der Waals surface area contributed by atoms with Crippen molar-refractivity contribution >= 4 is 41.4 Å². The smallest absolute Gasteiger partial charge is 0.313 e. The minimum Gasteiger partial charge on any atom is -0.461 e. The number of nitrogens with two attached hydrogens (primary N) is 1. The average Bonchev–Trinajstić information content (AvgIpc) is 3.10. The second kappa shape index (κ2) is 21.3. The molecule has 0 aromatic heterocycles. The molecule has 0 aliphatic heterocycles. The van der Waals surface area contributed by atoms with Crippen molar-refractivity contribution < 1.29 is 64.9 Å². The Morgan fingerprint density at radius 3 is 1.92 bits per heavy atom. The lowest BCUT2D eigenvalue weighted by atomic mass is 10.0. The Labute approximate surface area is 301 Å². The third-order valence-electron chi connectivity index (χ3n) is 7.25. The second-order valence-electron chi connectivity index (χ2n) is 12.2. The molecule has 5 amide bonds. The van der Waals surface area contributed by atoms with E-state index in [1.807, 2.05) is 0 Å². The summed E-state index contributed by atoms with van der Waals surface area (Å²) in [7, 11) is 0. The van der Waals surface area contributed by atoms with Crippen molar-refractivity contribution in [2.24, 2.45) is 17.6 Å². The predicted molar refractivity (Wildman–Crippen MR) is 177 cm³/mol. The summed E-state index contributed by atoms with van der Waals surface area (Å²) in [6.45, 7) is 6.09. The van der Waals surface area contributed by atoms with E-state index in [1.54, 1.807) is 52.0 Å². The SMILES string of the molecule is CC(C)C(=O)OCc1ccc(NC(=O)[C@H](CCCNC(N)=O)NC(=O)[C@@H](NC(=O)CCOCCC(=O)Oc2c(F)c(F)c(F)c(F)c2F)C(C)C)cc1. The molecule has 6 N–H and O–H groups in total. The number of ether oxygens (including phenoxy) is 3. The number of amides is 5. The third-order valence-corrected chi connectivity index (χ3v) is 7.25. The molecule has 2 rings (SSSR count). The number of anilines is 1. The fourth-order valence-corrected chi connectivity index (χ4v) is 4.33. The molecule has 19 heteroatoms. The summed E-state index contributed by atoms with van der Waals surface area (Å²) in [5.41, 5.74) is 6.15. The van der Waals surface area contributed by atoms with Crippen molar-refractivity contribution in [1.82, 2.24) is 16.0 Å². The maximum atomic E-state index is 13.7. The zero-order valence-electron chi connectivity index (χ0n) is 29.4. The Kier molecular flexibility index (Phi) is 17.6. The Morgan fingerprint density at radius 1 is 0.774 bits per heavy atom. The highest BCUT2D eigenvalue weighted by Gasteiger charge is 2.30. The highest BCUT2D eigenvalue weighted by Crippen LogP contribution is 2.29. The highest BCUT2D eigenvalue weighted by molar-refractivity contribution is 5.98. The molecule has 0 saturated carbocycles. The molecule has 14 nitrogen and oxygen atoms in total. The Hall–Kier alpha value is -5.33. The lowest BCUT2D eigenvalue weighted by Crippen LogP contribution is -2.54. The van der Waals surface area contributed by atoms with Crippen molar-refractivity contribution in [2.75, 3.05) is 25.1 Å². The highest BCUT2D eigenvalue weighted by atomic mass is 19.2. The van der Waals surface area contributed by atoms with E-state index in [4.69, 9.17) is 15.2 Å². The van der Waals surface area contributed by atoms with Gasteiger partial charge in [-0.25, -0.2) is 18.0 Å². The minimum atomic E-state index is -2.42. The van der Waals surface area contributed by atoms with Crippen LogP contribution < -0.4 is 31.7 Å². The molecule has 0 aliphatic carbocycles. The number of halogens is 5. The molecule has 0 fully saturated rings. The summed E-state index contributed by atoms with van der Waals surface area (Å²) in [5, 5.41) is 10.2. The van der Waals surface area contributed by atoms with E-state index in [2.05, 4.69) is 26.0 Å². The van der Waals surface area contributed by atoms with E-state index in [1.165, 1.54) is 0 Å². The van der Waals surface area contributed by atoms with Crippen LogP contribution in [-0.4, -0.2) is 67.5 Å². The van der Waals surface area contributed by atoms with Gasteiger partial charge in [0.25, 0.3) is 0 Å². The zero-order chi connectivity index (χ0) is 39.8. The van der Waals surface area contributed by atoms with Gasteiger partial charge in [-0.05, 0) is 36.5 Å². The van der Waals surface area contributed by atoms with Gasteiger partial charge in [0.15, 0.2) is 0 Å². The fraction of sp³-hybridized carbons (Fsp3) is 0.471. The first-order valence-corrected chi connectivity index (χ1v) is 16.4. The molecule has 292 valence electrons. The molecule has 0 aliphatic rings. The monoisotopic (exact) mass is 759 g/mol. The molecule has 53 heavy (non-hydrogen) atoms. The number of primary amides is 1. The lowest BCUT2D eigenvalue weighted by Gasteiger charge is -2.25. The van der Waals surface area contributed by atoms with Gasteiger partial charge in [0.2, 0.25) is 52.6 Å². The van der Waals surface area contributed by atoms with E-state index in [9.17, 15) is 50.7 Å². The number of hydrogen-bond acceptors (Lipinski definition) is 9. The van der Waals surface area contributed by atoms with Crippen molar-refractivity contribution in [3.8, 4) is 5.75 Å². The van der Waals surface area contributed by atoms with Crippen LogP contribution in [-0.2, 0) is 40.1 Å². The van der Waals surface area contributed by atoms with Crippen molar-refractivity contribution in [1.29, 1.82) is 0 Å². The lowest BCUT2D eigenvalue weighted by molar-refractivity contribution is -0.148. The van der Waals surface area contributed by atoms with Gasteiger partial charge >= 0.3 is 18.0 Å². The normalized spacial score (nSPS) is 12.1. The minimum absolute atomic E-state index is 0.0375. The van der Waals surface area contributed by atoms with Crippen LogP contribution in [0.3, 0.4) is 0 Å². The Bertz CT molecular complexity index is 1600. The molecule has 0 spiro atoms. The number of urea groups is 1. The van der Waals surface area contributed by atoms with Crippen LogP contribution in [0.25, 0.3) is 0 Å². The van der Waals surface area contributed by atoms with Crippen LogP contribution in [0, 0.1) is 40.9 Å². The van der Waals surface area contributed by atoms with Crippen LogP contribution in [0.1, 0.15) is 58.9 Å². The van der Waals surface area contributed by atoms with Gasteiger partial charge in [-0.15, -0.1) is 0 Å². The van der Waals surface area contributed by atoms with Crippen LogP contribution in [0.5, 0.6) is 5.75 Å². The molecule has 0 radical (unpaired) electrons. The topological polar surface area (TPSA) is 204 Å². The predicted octanol–water partition coefficient (Wildman–Crippen LogP) is 3.50. The van der Waals surface area contributed by atoms with Crippen molar-refractivity contribution in [2.45, 2.75) is 72.1 Å². The maximum Gasteiger partial charge on any atom is 0.313 e. The number of benzene rings is 2. The summed E-state index contributed by atoms with van der Waals surface area (Å²) in [6.07, 6.45) is -0.681. The molecule has 0 bridgehead atoms. The molecule has 2 atom stereocenters. The molecule has 2 aromatic carbocycles. The Morgan fingerprint density at radius 2 is 1.36 bits per heavy atom. The average molecular weight is 760 g/mol. The van der Waals surface area contributed by atoms with Gasteiger partial charge < -0.3 is 41.2 Å². The summed E-state index contributed by atoms with van der Waals surface area (Å²) < 4.78 is 81.9. The van der Waals surface area contributed by atoms with Crippen molar-refractivity contribution in [3.05, 3.63) is 58.9 Å². The van der Waals surface area contributed by atoms with E-state index in [-0.39, 0.29) is 50.9 Å². The molecule has 0 heterocycles. The summed E-state index contributed by atoms with van der Waals surface area (Å²) >= 11 is 0. The molecule has 2 aromatic rings. The molecular weight excluding hydrogens is 717 g/mol. The van der Waals surface area contributed by atoms with Crippen LogP contribution in [0.15, 0.2) is 24.3 Å². The van der Waals surface area contributed by atoms with Crippen LogP contribution >= 0.6 is 0 Å². The maximum absolute atomic E-state index is 13.7. The number of carbonyl (C=O) groups excluding carboxylic acids is 6. The first kappa shape index (κ1) is 43.8. The van der Waals surface area contributed by atoms with Gasteiger partial charge in [0, 0.05) is 18.7 Å².